The number of carbonyl (C=O) groups is 1. The highest BCUT2D eigenvalue weighted by Gasteiger charge is 2.19. The van der Waals surface area contributed by atoms with Gasteiger partial charge < -0.3 is 25.0 Å². The Morgan fingerprint density at radius 2 is 1.83 bits per heavy atom. The van der Waals surface area contributed by atoms with Crippen molar-refractivity contribution in [2.75, 3.05) is 51.1 Å². The Hall–Kier alpha value is -3.23. The number of aliphatic imine (C=N–C) groups is 1. The highest BCUT2D eigenvalue weighted by Crippen LogP contribution is 2.33. The Morgan fingerprint density at radius 1 is 1.17 bits per heavy atom. The topological polar surface area (TPSA) is 75.2 Å². The Morgan fingerprint density at radius 3 is 2.46 bits per heavy atom. The van der Waals surface area contributed by atoms with Gasteiger partial charge in [-0.3, -0.25) is 9.79 Å². The van der Waals surface area contributed by atoms with E-state index in [-0.39, 0.29) is 11.5 Å². The number of methoxy groups -OCH3 is 1. The molecule has 35 heavy (non-hydrogen) atoms. The predicted molar refractivity (Wildman–Crippen MR) is 140 cm³/mol. The number of anilines is 2. The second-order valence-electron chi connectivity index (χ2n) is 8.71. The van der Waals surface area contributed by atoms with Gasteiger partial charge in [-0.05, 0) is 70.1 Å². The quantitative estimate of drug-likeness (QED) is 0.335. The summed E-state index contributed by atoms with van der Waals surface area (Å²) < 4.78 is 25.5. The smallest absolute Gasteiger partial charge is 0.224 e. The average Bonchev–Trinajstić information content (AvgIpc) is 2.82. The molecule has 2 aromatic carbocycles. The second kappa shape index (κ2) is 13.0. The van der Waals surface area contributed by atoms with E-state index >= 15 is 0 Å². The lowest BCUT2D eigenvalue weighted by molar-refractivity contribution is -0.117. The molecule has 7 nitrogen and oxygen atoms in total. The Balaban J connectivity index is 1.62. The van der Waals surface area contributed by atoms with Crippen molar-refractivity contribution in [2.24, 2.45) is 10.9 Å². The van der Waals surface area contributed by atoms with Crippen LogP contribution in [-0.2, 0) is 9.53 Å². The number of ether oxygens (including phenoxy) is 2. The minimum atomic E-state index is -0.490. The standard InChI is InChI=1S/C27H35FN4O3/c1-5-29-25-18-23(35-15-14-34-4)17-24(28)27(25)19(2)30-21-6-8-22(9-7-21)31-26(33)16-20-10-12-32(3)13-11-20/h5-9,17-18,20,30H,2,10-16H2,1,3-4H3,(H,31,33). The third-order valence-corrected chi connectivity index (χ3v) is 5.95. The van der Waals surface area contributed by atoms with Gasteiger partial charge in [-0.2, -0.15) is 0 Å². The maximum atomic E-state index is 15.0. The van der Waals surface area contributed by atoms with Crippen LogP contribution in [0.4, 0.5) is 21.5 Å². The first-order valence-electron chi connectivity index (χ1n) is 11.9. The highest BCUT2D eigenvalue weighted by molar-refractivity contribution is 5.91. The Labute approximate surface area is 207 Å². The molecule has 0 spiro atoms. The monoisotopic (exact) mass is 482 g/mol. The minimum Gasteiger partial charge on any atom is -0.491 e. The van der Waals surface area contributed by atoms with Crippen LogP contribution in [-0.4, -0.2) is 57.5 Å². The Kier molecular flexibility index (Phi) is 9.81. The molecule has 0 saturated carbocycles. The van der Waals surface area contributed by atoms with Gasteiger partial charge >= 0.3 is 0 Å². The summed E-state index contributed by atoms with van der Waals surface area (Å²) >= 11 is 0. The van der Waals surface area contributed by atoms with Crippen molar-refractivity contribution >= 4 is 34.9 Å². The number of rotatable bonds is 11. The molecule has 1 aliphatic rings. The van der Waals surface area contributed by atoms with Gasteiger partial charge in [-0.25, -0.2) is 4.39 Å². The molecule has 1 amide bonds. The summed E-state index contributed by atoms with van der Waals surface area (Å²) in [5.41, 5.74) is 2.48. The van der Waals surface area contributed by atoms with Gasteiger partial charge in [0.25, 0.3) is 0 Å². The Bertz CT molecular complexity index is 1030. The number of nitrogens with zero attached hydrogens (tertiary/aromatic N) is 2. The zero-order chi connectivity index (χ0) is 25.2. The summed E-state index contributed by atoms with van der Waals surface area (Å²) in [4.78, 5) is 19.0. The van der Waals surface area contributed by atoms with E-state index in [9.17, 15) is 9.18 Å². The third kappa shape index (κ3) is 7.90. The van der Waals surface area contributed by atoms with Crippen LogP contribution in [0.3, 0.4) is 0 Å². The van der Waals surface area contributed by atoms with Crippen LogP contribution < -0.4 is 15.4 Å². The summed E-state index contributed by atoms with van der Waals surface area (Å²) in [5.74, 6) is 0.344. The van der Waals surface area contributed by atoms with E-state index in [4.69, 9.17) is 9.47 Å². The maximum Gasteiger partial charge on any atom is 0.224 e. The van der Waals surface area contributed by atoms with Gasteiger partial charge in [-0.1, -0.05) is 6.58 Å². The molecular formula is C27H35FN4O3. The molecule has 0 aromatic heterocycles. The van der Waals surface area contributed by atoms with Crippen LogP contribution >= 0.6 is 0 Å². The van der Waals surface area contributed by atoms with E-state index in [1.54, 1.807) is 26.3 Å². The van der Waals surface area contributed by atoms with Crippen molar-refractivity contribution in [1.82, 2.24) is 4.90 Å². The van der Waals surface area contributed by atoms with Gasteiger partial charge in [0, 0.05) is 48.9 Å². The number of likely N-dealkylation sites (tertiary alicyclic amines) is 1. The van der Waals surface area contributed by atoms with Crippen molar-refractivity contribution in [3.63, 3.8) is 0 Å². The van der Waals surface area contributed by atoms with E-state index < -0.39 is 5.82 Å². The van der Waals surface area contributed by atoms with E-state index in [1.807, 2.05) is 24.3 Å². The SMILES string of the molecule is C=C(Nc1ccc(NC(=O)CC2CCN(C)CC2)cc1)c1c(F)cc(OCCOC)cc1N=CC. The van der Waals surface area contributed by atoms with Crippen LogP contribution in [0.25, 0.3) is 5.70 Å². The lowest BCUT2D eigenvalue weighted by Gasteiger charge is -2.28. The van der Waals surface area contributed by atoms with Gasteiger partial charge in [0.15, 0.2) is 0 Å². The largest absolute Gasteiger partial charge is 0.491 e. The molecule has 1 saturated heterocycles. The summed E-state index contributed by atoms with van der Waals surface area (Å²) in [6, 6.07) is 10.3. The first-order valence-corrected chi connectivity index (χ1v) is 11.9. The molecule has 0 unspecified atom stereocenters. The number of amides is 1. The first-order chi connectivity index (χ1) is 16.9. The van der Waals surface area contributed by atoms with E-state index in [1.165, 1.54) is 6.07 Å². The molecule has 0 bridgehead atoms. The number of nitrogens with one attached hydrogen (secondary N) is 2. The van der Waals surface area contributed by atoms with Crippen molar-refractivity contribution in [1.29, 1.82) is 0 Å². The number of hydrogen-bond donors (Lipinski definition) is 2. The molecule has 188 valence electrons. The molecule has 0 radical (unpaired) electrons. The molecular weight excluding hydrogens is 447 g/mol. The van der Waals surface area contributed by atoms with Crippen LogP contribution in [0.1, 0.15) is 31.7 Å². The van der Waals surface area contributed by atoms with Gasteiger partial charge in [0.1, 0.15) is 18.2 Å². The maximum absolute atomic E-state index is 15.0. The third-order valence-electron chi connectivity index (χ3n) is 5.95. The minimum absolute atomic E-state index is 0.0293. The van der Waals surface area contributed by atoms with E-state index in [0.29, 0.717) is 42.7 Å². The van der Waals surface area contributed by atoms with Crippen LogP contribution in [0.5, 0.6) is 5.75 Å². The van der Waals surface area contributed by atoms with E-state index in [0.717, 1.165) is 37.3 Å². The lowest BCUT2D eigenvalue weighted by atomic mass is 9.93. The summed E-state index contributed by atoms with van der Waals surface area (Å²) in [5, 5.41) is 6.10. The highest BCUT2D eigenvalue weighted by atomic mass is 19.1. The zero-order valence-corrected chi connectivity index (χ0v) is 20.8. The number of carbonyl (C=O) groups excluding carboxylic acids is 1. The number of halogens is 1. The molecule has 0 atom stereocenters. The molecule has 3 rings (SSSR count). The molecule has 2 N–H and O–H groups in total. The summed E-state index contributed by atoms with van der Waals surface area (Å²) in [7, 11) is 3.69. The van der Waals surface area contributed by atoms with Crippen molar-refractivity contribution in [3.05, 3.63) is 54.4 Å². The van der Waals surface area contributed by atoms with Crippen molar-refractivity contribution in [3.8, 4) is 5.75 Å². The first kappa shape index (κ1) is 26.4. The average molecular weight is 483 g/mol. The molecule has 1 heterocycles. The van der Waals surface area contributed by atoms with Crippen LogP contribution in [0, 0.1) is 11.7 Å². The van der Waals surface area contributed by atoms with E-state index in [2.05, 4.69) is 34.2 Å². The summed E-state index contributed by atoms with van der Waals surface area (Å²) in [6.45, 7) is 8.56. The fourth-order valence-electron chi connectivity index (χ4n) is 4.05. The molecule has 0 aliphatic carbocycles. The van der Waals surface area contributed by atoms with Crippen LogP contribution in [0.15, 0.2) is 48.0 Å². The van der Waals surface area contributed by atoms with Gasteiger partial charge in [-0.15, -0.1) is 0 Å². The zero-order valence-electron chi connectivity index (χ0n) is 20.8. The predicted octanol–water partition coefficient (Wildman–Crippen LogP) is 5.33. The normalized spacial score (nSPS) is 14.7. The number of piperidine rings is 1. The lowest BCUT2D eigenvalue weighted by Crippen LogP contribution is -2.31. The second-order valence-corrected chi connectivity index (χ2v) is 8.71. The molecule has 1 fully saturated rings. The van der Waals surface area contributed by atoms with Crippen LogP contribution in [0.2, 0.25) is 0 Å². The molecule has 1 aliphatic heterocycles. The molecule has 8 heteroatoms. The van der Waals surface area contributed by atoms with Gasteiger partial charge in [0.2, 0.25) is 5.91 Å². The molecule has 2 aromatic rings. The van der Waals surface area contributed by atoms with Gasteiger partial charge in [0.05, 0.1) is 17.9 Å². The fourth-order valence-corrected chi connectivity index (χ4v) is 4.05. The summed E-state index contributed by atoms with van der Waals surface area (Å²) in [6.07, 6.45) is 4.23. The fraction of sp³-hybridized carbons (Fsp3) is 0.407. The number of benzene rings is 2. The number of hydrogen-bond acceptors (Lipinski definition) is 6. The van der Waals surface area contributed by atoms with Crippen molar-refractivity contribution in [2.45, 2.75) is 26.2 Å². The van der Waals surface area contributed by atoms with Crippen molar-refractivity contribution < 1.29 is 18.7 Å².